The van der Waals surface area contributed by atoms with Gasteiger partial charge in [-0.15, -0.1) is 11.3 Å². The van der Waals surface area contributed by atoms with E-state index in [4.69, 9.17) is 9.15 Å². The zero-order chi connectivity index (χ0) is 16.5. The summed E-state index contributed by atoms with van der Waals surface area (Å²) in [5, 5.41) is 0. The maximum Gasteiger partial charge on any atom is 0.264 e. The first-order valence-corrected chi connectivity index (χ1v) is 9.21. The number of carbonyl (C=O) groups is 1. The molecule has 0 bridgehead atoms. The van der Waals surface area contributed by atoms with Gasteiger partial charge in [-0.3, -0.25) is 9.69 Å². The van der Waals surface area contributed by atoms with Crippen molar-refractivity contribution in [2.24, 2.45) is 5.92 Å². The number of ether oxygens (including phenoxy) is 1. The molecule has 4 heterocycles. The van der Waals surface area contributed by atoms with Crippen molar-refractivity contribution in [3.63, 3.8) is 0 Å². The van der Waals surface area contributed by atoms with E-state index < -0.39 is 0 Å². The Morgan fingerprint density at radius 3 is 2.96 bits per heavy atom. The number of carbonyl (C=O) groups excluding carboxylic acids is 1. The van der Waals surface area contributed by atoms with E-state index in [1.165, 1.54) is 10.4 Å². The minimum Gasteiger partial charge on any atom is -0.472 e. The molecular formula is C18H22N2O3S. The first-order chi connectivity index (χ1) is 11.7. The Morgan fingerprint density at radius 2 is 2.21 bits per heavy atom. The number of nitrogens with zero attached hydrogens (tertiary/aromatic N) is 2. The summed E-state index contributed by atoms with van der Waals surface area (Å²) >= 11 is 1.57. The molecule has 128 valence electrons. The highest BCUT2D eigenvalue weighted by Gasteiger charge is 2.38. The SMILES string of the molecule is Cc1ccc(C(=O)N2C[C@@H]3CN(Cc4ccoc4)CCO[C@@H]3C2)s1. The molecule has 5 nitrogen and oxygen atoms in total. The van der Waals surface area contributed by atoms with Gasteiger partial charge < -0.3 is 14.1 Å². The maximum absolute atomic E-state index is 12.7. The van der Waals surface area contributed by atoms with E-state index in [1.54, 1.807) is 23.9 Å². The molecule has 2 aliphatic rings. The first-order valence-electron chi connectivity index (χ1n) is 8.40. The molecule has 2 aromatic heterocycles. The van der Waals surface area contributed by atoms with Crippen LogP contribution in [0.1, 0.15) is 20.1 Å². The zero-order valence-corrected chi connectivity index (χ0v) is 14.6. The molecule has 2 aromatic rings. The van der Waals surface area contributed by atoms with Crippen LogP contribution in [0.5, 0.6) is 0 Å². The number of rotatable bonds is 3. The Kier molecular flexibility index (Phi) is 4.43. The lowest BCUT2D eigenvalue weighted by molar-refractivity contribution is 0.0484. The van der Waals surface area contributed by atoms with Crippen LogP contribution in [0.25, 0.3) is 0 Å². The Bertz CT molecular complexity index is 697. The van der Waals surface area contributed by atoms with Gasteiger partial charge in [-0.05, 0) is 25.1 Å². The van der Waals surface area contributed by atoms with E-state index in [2.05, 4.69) is 4.90 Å². The average Bonchev–Trinajstić information content (AvgIpc) is 3.28. The third-order valence-electron chi connectivity index (χ3n) is 4.84. The quantitative estimate of drug-likeness (QED) is 0.857. The molecule has 0 N–H and O–H groups in total. The van der Waals surface area contributed by atoms with Gasteiger partial charge in [0.15, 0.2) is 0 Å². The van der Waals surface area contributed by atoms with Crippen molar-refractivity contribution in [1.82, 2.24) is 9.80 Å². The molecule has 6 heteroatoms. The van der Waals surface area contributed by atoms with E-state index in [-0.39, 0.29) is 12.0 Å². The van der Waals surface area contributed by atoms with Gasteiger partial charge in [0.05, 0.1) is 30.1 Å². The molecule has 2 aliphatic heterocycles. The van der Waals surface area contributed by atoms with Gasteiger partial charge in [-0.2, -0.15) is 0 Å². The molecule has 0 aliphatic carbocycles. The lowest BCUT2D eigenvalue weighted by atomic mass is 10.1. The number of fused-ring (bicyclic) bond motifs is 1. The fourth-order valence-electron chi connectivity index (χ4n) is 3.62. The second-order valence-corrected chi connectivity index (χ2v) is 7.94. The molecule has 2 saturated heterocycles. The summed E-state index contributed by atoms with van der Waals surface area (Å²) in [6.45, 7) is 7.01. The second kappa shape index (κ2) is 6.70. The lowest BCUT2D eigenvalue weighted by Gasteiger charge is -2.22. The van der Waals surface area contributed by atoms with E-state index in [9.17, 15) is 4.79 Å². The molecule has 2 fully saturated rings. The van der Waals surface area contributed by atoms with Crippen LogP contribution in [0.15, 0.2) is 35.1 Å². The van der Waals surface area contributed by atoms with E-state index in [1.807, 2.05) is 30.0 Å². The highest BCUT2D eigenvalue weighted by atomic mass is 32.1. The van der Waals surface area contributed by atoms with Gasteiger partial charge in [-0.1, -0.05) is 0 Å². The van der Waals surface area contributed by atoms with Gasteiger partial charge in [0.25, 0.3) is 5.91 Å². The van der Waals surface area contributed by atoms with Gasteiger partial charge in [0.1, 0.15) is 0 Å². The number of furan rings is 1. The Morgan fingerprint density at radius 1 is 1.29 bits per heavy atom. The van der Waals surface area contributed by atoms with Crippen molar-refractivity contribution in [1.29, 1.82) is 0 Å². The fraction of sp³-hybridized carbons (Fsp3) is 0.500. The van der Waals surface area contributed by atoms with Crippen LogP contribution in [0.3, 0.4) is 0 Å². The van der Waals surface area contributed by atoms with E-state index in [0.29, 0.717) is 12.5 Å². The minimum absolute atomic E-state index is 0.145. The van der Waals surface area contributed by atoms with Crippen molar-refractivity contribution in [3.8, 4) is 0 Å². The van der Waals surface area contributed by atoms with Crippen LogP contribution in [0.4, 0.5) is 0 Å². The third-order valence-corrected chi connectivity index (χ3v) is 5.83. The number of thiophene rings is 1. The molecule has 24 heavy (non-hydrogen) atoms. The molecule has 4 rings (SSSR count). The molecule has 0 radical (unpaired) electrons. The number of hydrogen-bond donors (Lipinski definition) is 0. The van der Waals surface area contributed by atoms with Crippen LogP contribution in [-0.4, -0.2) is 54.6 Å². The topological polar surface area (TPSA) is 45.9 Å². The highest BCUT2D eigenvalue weighted by molar-refractivity contribution is 7.13. The summed E-state index contributed by atoms with van der Waals surface area (Å²) in [4.78, 5) is 19.1. The second-order valence-electron chi connectivity index (χ2n) is 6.66. The summed E-state index contributed by atoms with van der Waals surface area (Å²) < 4.78 is 11.2. The van der Waals surface area contributed by atoms with Gasteiger partial charge >= 0.3 is 0 Å². The van der Waals surface area contributed by atoms with Gasteiger partial charge in [0, 0.05) is 49.1 Å². The maximum atomic E-state index is 12.7. The molecule has 0 aromatic carbocycles. The summed E-state index contributed by atoms with van der Waals surface area (Å²) in [6, 6.07) is 5.95. The number of hydrogen-bond acceptors (Lipinski definition) is 5. The zero-order valence-electron chi connectivity index (χ0n) is 13.8. The predicted molar refractivity (Wildman–Crippen MR) is 92.2 cm³/mol. The minimum atomic E-state index is 0.145. The van der Waals surface area contributed by atoms with Crippen molar-refractivity contribution in [2.75, 3.05) is 32.8 Å². The molecular weight excluding hydrogens is 324 g/mol. The van der Waals surface area contributed by atoms with Crippen molar-refractivity contribution in [3.05, 3.63) is 46.0 Å². The third kappa shape index (κ3) is 3.27. The summed E-state index contributed by atoms with van der Waals surface area (Å²) in [5.41, 5.74) is 1.19. The smallest absolute Gasteiger partial charge is 0.264 e. The largest absolute Gasteiger partial charge is 0.472 e. The van der Waals surface area contributed by atoms with Gasteiger partial charge in [0.2, 0.25) is 0 Å². The van der Waals surface area contributed by atoms with Crippen molar-refractivity contribution >= 4 is 17.2 Å². The Hall–Kier alpha value is -1.63. The van der Waals surface area contributed by atoms with Crippen LogP contribution in [0, 0.1) is 12.8 Å². The van der Waals surface area contributed by atoms with Crippen molar-refractivity contribution in [2.45, 2.75) is 19.6 Å². The van der Waals surface area contributed by atoms with Crippen molar-refractivity contribution < 1.29 is 13.9 Å². The van der Waals surface area contributed by atoms with Crippen LogP contribution < -0.4 is 0 Å². The molecule has 0 unspecified atom stereocenters. The summed E-state index contributed by atoms with van der Waals surface area (Å²) in [7, 11) is 0. The average molecular weight is 346 g/mol. The molecule has 0 spiro atoms. The summed E-state index contributed by atoms with van der Waals surface area (Å²) in [5.74, 6) is 0.524. The summed E-state index contributed by atoms with van der Waals surface area (Å²) in [6.07, 6.45) is 3.67. The van der Waals surface area contributed by atoms with Crippen LogP contribution in [-0.2, 0) is 11.3 Å². The standard InChI is InChI=1S/C18H22N2O3S/c1-13-2-3-17(24-13)18(21)20-10-15-9-19(5-7-23-16(15)11-20)8-14-4-6-22-12-14/h2-4,6,12,15-16H,5,7-11H2,1H3/t15-,16+/m0/s1. The fourth-order valence-corrected chi connectivity index (χ4v) is 4.45. The molecule has 2 atom stereocenters. The lowest BCUT2D eigenvalue weighted by Crippen LogP contribution is -2.33. The Labute approximate surface area is 145 Å². The van der Waals surface area contributed by atoms with E-state index >= 15 is 0 Å². The molecule has 1 amide bonds. The molecule has 0 saturated carbocycles. The monoisotopic (exact) mass is 346 g/mol. The highest BCUT2D eigenvalue weighted by Crippen LogP contribution is 2.27. The number of likely N-dealkylation sites (tertiary alicyclic amines) is 1. The Balaban J connectivity index is 1.41. The number of amides is 1. The number of aryl methyl sites for hydroxylation is 1. The predicted octanol–water partition coefficient (Wildman–Crippen LogP) is 2.62. The van der Waals surface area contributed by atoms with Gasteiger partial charge in [-0.25, -0.2) is 0 Å². The van der Waals surface area contributed by atoms with Crippen LogP contribution >= 0.6 is 11.3 Å². The normalized spacial score (nSPS) is 24.8. The van der Waals surface area contributed by atoms with E-state index in [0.717, 1.165) is 37.7 Å². The first kappa shape index (κ1) is 15.9. The van der Waals surface area contributed by atoms with Crippen LogP contribution in [0.2, 0.25) is 0 Å².